The molecule has 7 heteroatoms. The first-order valence-corrected chi connectivity index (χ1v) is 11.7. The van der Waals surface area contributed by atoms with Gasteiger partial charge in [-0.05, 0) is 48.5 Å². The van der Waals surface area contributed by atoms with E-state index in [1.165, 1.54) is 4.90 Å². The van der Waals surface area contributed by atoms with Crippen LogP contribution in [0.25, 0.3) is 6.08 Å². The molecular formula is C27H25NO5S. The summed E-state index contributed by atoms with van der Waals surface area (Å²) in [5.74, 6) is 1.42. The van der Waals surface area contributed by atoms with E-state index in [4.69, 9.17) is 14.2 Å². The molecule has 6 nitrogen and oxygen atoms in total. The quantitative estimate of drug-likeness (QED) is 0.370. The fourth-order valence-corrected chi connectivity index (χ4v) is 4.27. The summed E-state index contributed by atoms with van der Waals surface area (Å²) >= 11 is 0.908. The minimum Gasteiger partial charge on any atom is -0.493 e. The lowest BCUT2D eigenvalue weighted by Crippen LogP contribution is -2.32. The van der Waals surface area contributed by atoms with Gasteiger partial charge in [-0.25, -0.2) is 0 Å². The lowest BCUT2D eigenvalue weighted by Gasteiger charge is -2.14. The molecule has 0 N–H and O–H groups in total. The zero-order valence-corrected chi connectivity index (χ0v) is 19.8. The number of ether oxygens (including phenoxy) is 3. The number of nitrogens with zero attached hydrogens (tertiary/aromatic N) is 1. The molecule has 0 atom stereocenters. The zero-order chi connectivity index (χ0) is 23.9. The molecule has 1 aliphatic rings. The summed E-state index contributed by atoms with van der Waals surface area (Å²) in [7, 11) is 1.57. The number of benzene rings is 3. The van der Waals surface area contributed by atoms with Crippen molar-refractivity contribution in [1.82, 2.24) is 4.90 Å². The highest BCUT2D eigenvalue weighted by atomic mass is 32.2. The van der Waals surface area contributed by atoms with Crippen molar-refractivity contribution >= 4 is 29.0 Å². The number of imide groups is 1. The fraction of sp³-hybridized carbons (Fsp3) is 0.185. The van der Waals surface area contributed by atoms with Gasteiger partial charge >= 0.3 is 0 Å². The van der Waals surface area contributed by atoms with E-state index in [1.54, 1.807) is 19.3 Å². The number of carbonyl (C=O) groups is 2. The molecule has 0 spiro atoms. The molecule has 4 rings (SSSR count). The number of hydrogen-bond acceptors (Lipinski definition) is 6. The average Bonchev–Trinajstić information content (AvgIpc) is 3.12. The van der Waals surface area contributed by atoms with Crippen molar-refractivity contribution in [3.05, 3.63) is 94.4 Å². The van der Waals surface area contributed by atoms with Gasteiger partial charge < -0.3 is 14.2 Å². The molecule has 3 aromatic carbocycles. The Bertz CT molecular complexity index is 1190. The monoisotopic (exact) mass is 475 g/mol. The van der Waals surface area contributed by atoms with Gasteiger partial charge in [0.15, 0.2) is 11.5 Å². The van der Waals surface area contributed by atoms with Gasteiger partial charge in [0.1, 0.15) is 19.0 Å². The van der Waals surface area contributed by atoms with Crippen LogP contribution in [0, 0.1) is 6.92 Å². The number of methoxy groups -OCH3 is 1. The van der Waals surface area contributed by atoms with Gasteiger partial charge in [0, 0.05) is 5.56 Å². The van der Waals surface area contributed by atoms with Crippen molar-refractivity contribution in [2.45, 2.75) is 13.5 Å². The summed E-state index contributed by atoms with van der Waals surface area (Å²) < 4.78 is 17.2. The maximum absolute atomic E-state index is 12.9. The summed E-state index contributed by atoms with van der Waals surface area (Å²) in [6, 6.07) is 22.8. The van der Waals surface area contributed by atoms with Crippen LogP contribution in [0.4, 0.5) is 4.79 Å². The minimum atomic E-state index is -0.348. The molecule has 174 valence electrons. The van der Waals surface area contributed by atoms with Crippen molar-refractivity contribution in [3.63, 3.8) is 0 Å². The molecule has 1 aliphatic heterocycles. The van der Waals surface area contributed by atoms with Crippen LogP contribution in [0.3, 0.4) is 0 Å². The van der Waals surface area contributed by atoms with Crippen LogP contribution in [0.5, 0.6) is 17.2 Å². The van der Waals surface area contributed by atoms with Crippen molar-refractivity contribution < 1.29 is 23.8 Å². The number of hydrogen-bond donors (Lipinski definition) is 0. The molecule has 0 saturated carbocycles. The highest BCUT2D eigenvalue weighted by Crippen LogP contribution is 2.37. The summed E-state index contributed by atoms with van der Waals surface area (Å²) in [5, 5.41) is -0.321. The van der Waals surface area contributed by atoms with E-state index < -0.39 is 0 Å². The standard InChI is InChI=1S/C27H25NO5S/c1-19-11-13-22(14-12-19)32-16-15-28-26(29)24(34-27(28)30)17-21-9-6-10-23(31-2)25(21)33-18-20-7-4-3-5-8-20/h3-14,17H,15-16,18H2,1-2H3/b24-17-. The largest absolute Gasteiger partial charge is 0.493 e. The van der Waals surface area contributed by atoms with E-state index in [-0.39, 0.29) is 24.3 Å². The Morgan fingerprint density at radius 1 is 0.912 bits per heavy atom. The molecule has 0 radical (unpaired) electrons. The predicted molar refractivity (Wildman–Crippen MR) is 133 cm³/mol. The van der Waals surface area contributed by atoms with E-state index in [0.29, 0.717) is 34.3 Å². The van der Waals surface area contributed by atoms with Gasteiger partial charge in [0.25, 0.3) is 11.1 Å². The first kappa shape index (κ1) is 23.4. The van der Waals surface area contributed by atoms with Gasteiger partial charge in [0.05, 0.1) is 18.6 Å². The van der Waals surface area contributed by atoms with Crippen LogP contribution < -0.4 is 14.2 Å². The average molecular weight is 476 g/mol. The van der Waals surface area contributed by atoms with Crippen LogP contribution in [-0.4, -0.2) is 36.3 Å². The van der Waals surface area contributed by atoms with Crippen molar-refractivity contribution in [2.24, 2.45) is 0 Å². The second kappa shape index (κ2) is 10.9. The first-order chi connectivity index (χ1) is 16.5. The van der Waals surface area contributed by atoms with E-state index in [1.807, 2.05) is 73.7 Å². The molecule has 34 heavy (non-hydrogen) atoms. The molecule has 3 aromatic rings. The van der Waals surface area contributed by atoms with E-state index in [0.717, 1.165) is 22.9 Å². The Labute approximate surface area is 203 Å². The molecule has 0 aliphatic carbocycles. The Kier molecular flexibility index (Phi) is 7.54. The minimum absolute atomic E-state index is 0.172. The maximum Gasteiger partial charge on any atom is 0.293 e. The van der Waals surface area contributed by atoms with Crippen LogP contribution in [0.15, 0.2) is 77.7 Å². The predicted octanol–water partition coefficient (Wildman–Crippen LogP) is 5.70. The van der Waals surface area contributed by atoms with Gasteiger partial charge in [-0.1, -0.05) is 60.2 Å². The van der Waals surface area contributed by atoms with E-state index in [9.17, 15) is 9.59 Å². The van der Waals surface area contributed by atoms with Crippen molar-refractivity contribution in [1.29, 1.82) is 0 Å². The normalized spacial score (nSPS) is 14.5. The summed E-state index contributed by atoms with van der Waals surface area (Å²) in [4.78, 5) is 27.0. The highest BCUT2D eigenvalue weighted by Gasteiger charge is 2.35. The maximum atomic E-state index is 12.9. The van der Waals surface area contributed by atoms with Crippen LogP contribution >= 0.6 is 11.8 Å². The lowest BCUT2D eigenvalue weighted by molar-refractivity contribution is -0.123. The van der Waals surface area contributed by atoms with Crippen LogP contribution in [0.2, 0.25) is 0 Å². The van der Waals surface area contributed by atoms with Crippen molar-refractivity contribution in [3.8, 4) is 17.2 Å². The van der Waals surface area contributed by atoms with E-state index in [2.05, 4.69) is 0 Å². The zero-order valence-electron chi connectivity index (χ0n) is 19.0. The number of aryl methyl sites for hydroxylation is 1. The highest BCUT2D eigenvalue weighted by molar-refractivity contribution is 8.18. The molecule has 1 fully saturated rings. The van der Waals surface area contributed by atoms with Gasteiger partial charge in [-0.2, -0.15) is 0 Å². The summed E-state index contributed by atoms with van der Waals surface area (Å²) in [5.41, 5.74) is 2.80. The number of rotatable bonds is 9. The third kappa shape index (κ3) is 5.61. The molecule has 0 aromatic heterocycles. The smallest absolute Gasteiger partial charge is 0.293 e. The van der Waals surface area contributed by atoms with Gasteiger partial charge in [-0.15, -0.1) is 0 Å². The Balaban J connectivity index is 1.47. The SMILES string of the molecule is COc1cccc(/C=C2\SC(=O)N(CCOc3ccc(C)cc3)C2=O)c1OCc1ccccc1. The Morgan fingerprint density at radius 3 is 2.41 bits per heavy atom. The first-order valence-electron chi connectivity index (χ1n) is 10.8. The molecule has 2 amide bonds. The third-order valence-electron chi connectivity index (χ3n) is 5.22. The second-order valence-electron chi connectivity index (χ2n) is 7.65. The van der Waals surface area contributed by atoms with Crippen LogP contribution in [-0.2, 0) is 11.4 Å². The number of amides is 2. The van der Waals surface area contributed by atoms with Crippen LogP contribution in [0.1, 0.15) is 16.7 Å². The lowest BCUT2D eigenvalue weighted by atomic mass is 10.1. The fourth-order valence-electron chi connectivity index (χ4n) is 3.41. The Hall–Kier alpha value is -3.71. The molecular weight excluding hydrogens is 450 g/mol. The summed E-state index contributed by atoms with van der Waals surface area (Å²) in [6.07, 6.45) is 1.68. The Morgan fingerprint density at radius 2 is 1.68 bits per heavy atom. The van der Waals surface area contributed by atoms with E-state index >= 15 is 0 Å². The number of carbonyl (C=O) groups excluding carboxylic acids is 2. The molecule has 0 unspecified atom stereocenters. The van der Waals surface area contributed by atoms with Gasteiger partial charge in [-0.3, -0.25) is 14.5 Å². The topological polar surface area (TPSA) is 65.1 Å². The number of para-hydroxylation sites is 1. The number of thioether (sulfide) groups is 1. The molecule has 1 saturated heterocycles. The molecule has 1 heterocycles. The van der Waals surface area contributed by atoms with Crippen molar-refractivity contribution in [2.75, 3.05) is 20.3 Å². The second-order valence-corrected chi connectivity index (χ2v) is 8.64. The van der Waals surface area contributed by atoms with Gasteiger partial charge in [0.2, 0.25) is 0 Å². The summed E-state index contributed by atoms with van der Waals surface area (Å²) in [6.45, 7) is 2.74. The molecule has 0 bridgehead atoms. The third-order valence-corrected chi connectivity index (χ3v) is 6.13.